The third-order valence-corrected chi connectivity index (χ3v) is 8.65. The Kier molecular flexibility index (Phi) is 5.60. The normalized spacial score (nSPS) is 12.3. The van der Waals surface area contributed by atoms with Crippen molar-refractivity contribution in [3.05, 3.63) is 42.0 Å². The maximum absolute atomic E-state index is 6.32. The summed E-state index contributed by atoms with van der Waals surface area (Å²) in [6.07, 6.45) is 2.79. The van der Waals surface area contributed by atoms with Gasteiger partial charge in [-0.2, -0.15) is 0 Å². The number of benzene rings is 1. The van der Waals surface area contributed by atoms with E-state index in [2.05, 4.69) is 52.6 Å². The number of ether oxygens (including phenoxy) is 1. The fraction of sp³-hybridized carbons (Fsp3) is 0.529. The van der Waals surface area contributed by atoms with Gasteiger partial charge in [-0.25, -0.2) is 0 Å². The van der Waals surface area contributed by atoms with E-state index < -0.39 is 8.32 Å². The summed E-state index contributed by atoms with van der Waals surface area (Å²) in [5.41, 5.74) is 2.47. The minimum Gasteiger partial charge on any atom is -0.497 e. The maximum Gasteiger partial charge on any atom is 0.192 e. The van der Waals surface area contributed by atoms with E-state index in [9.17, 15) is 0 Å². The summed E-state index contributed by atoms with van der Waals surface area (Å²) in [5.74, 6) is 0.881. The first kappa shape index (κ1) is 17.0. The minimum atomic E-state index is -1.73. The minimum absolute atomic E-state index is 0.227. The summed E-state index contributed by atoms with van der Waals surface area (Å²) < 4.78 is 11.6. The summed E-state index contributed by atoms with van der Waals surface area (Å²) in [5, 5.41) is 0.227. The molecule has 1 rings (SSSR count). The molecular weight excluding hydrogens is 264 g/mol. The van der Waals surface area contributed by atoms with E-state index in [1.807, 2.05) is 12.1 Å². The molecule has 0 saturated carbocycles. The third-order valence-electron chi connectivity index (χ3n) is 4.17. The lowest BCUT2D eigenvalue weighted by molar-refractivity contribution is 0.275. The molecule has 0 spiro atoms. The molecule has 1 aromatic rings. The first-order valence-electron chi connectivity index (χ1n) is 7.12. The largest absolute Gasteiger partial charge is 0.497 e. The van der Waals surface area contributed by atoms with Crippen LogP contribution in [-0.2, 0) is 17.5 Å². The van der Waals surface area contributed by atoms with Crippen molar-refractivity contribution < 1.29 is 9.16 Å². The van der Waals surface area contributed by atoms with Crippen LogP contribution in [0.25, 0.3) is 0 Å². The van der Waals surface area contributed by atoms with Crippen LogP contribution in [0.1, 0.15) is 31.9 Å². The molecule has 0 saturated heterocycles. The molecule has 0 aliphatic heterocycles. The Hall–Kier alpha value is -1.06. The van der Waals surface area contributed by atoms with Crippen molar-refractivity contribution in [2.24, 2.45) is 0 Å². The second kappa shape index (κ2) is 6.59. The number of hydrogen-bond acceptors (Lipinski definition) is 2. The van der Waals surface area contributed by atoms with Gasteiger partial charge >= 0.3 is 0 Å². The van der Waals surface area contributed by atoms with Crippen LogP contribution in [0.4, 0.5) is 0 Å². The van der Waals surface area contributed by atoms with Crippen molar-refractivity contribution in [3.63, 3.8) is 0 Å². The van der Waals surface area contributed by atoms with Crippen LogP contribution in [0.5, 0.6) is 5.75 Å². The Morgan fingerprint density at radius 2 is 1.85 bits per heavy atom. The summed E-state index contributed by atoms with van der Waals surface area (Å²) in [4.78, 5) is 0. The summed E-state index contributed by atoms with van der Waals surface area (Å²) in [7, 11) is -0.0324. The second-order valence-electron chi connectivity index (χ2n) is 6.68. The SMILES string of the molecule is C=CCc1ccc(OC)cc1CO[Si](C)(C)C(C)(C)C. The fourth-order valence-electron chi connectivity index (χ4n) is 1.69. The zero-order chi connectivity index (χ0) is 15.4. The van der Waals surface area contributed by atoms with Crippen LogP contribution >= 0.6 is 0 Å². The topological polar surface area (TPSA) is 18.5 Å². The molecule has 0 aliphatic rings. The highest BCUT2D eigenvalue weighted by Crippen LogP contribution is 2.37. The molecule has 0 bridgehead atoms. The van der Waals surface area contributed by atoms with Crippen molar-refractivity contribution in [2.45, 2.75) is 51.9 Å². The summed E-state index contributed by atoms with van der Waals surface area (Å²) in [6, 6.07) is 6.17. The molecule has 0 unspecified atom stereocenters. The van der Waals surface area contributed by atoms with Crippen molar-refractivity contribution in [1.82, 2.24) is 0 Å². The zero-order valence-electron chi connectivity index (χ0n) is 13.7. The van der Waals surface area contributed by atoms with E-state index in [4.69, 9.17) is 9.16 Å². The van der Waals surface area contributed by atoms with Crippen LogP contribution in [0.2, 0.25) is 18.1 Å². The average molecular weight is 292 g/mol. The highest BCUT2D eigenvalue weighted by molar-refractivity contribution is 6.74. The average Bonchev–Trinajstić information content (AvgIpc) is 2.36. The van der Waals surface area contributed by atoms with Crippen LogP contribution < -0.4 is 4.74 Å². The summed E-state index contributed by atoms with van der Waals surface area (Å²) >= 11 is 0. The summed E-state index contributed by atoms with van der Waals surface area (Å²) in [6.45, 7) is 15.8. The molecule has 0 atom stereocenters. The second-order valence-corrected chi connectivity index (χ2v) is 11.5. The maximum atomic E-state index is 6.32. The first-order valence-corrected chi connectivity index (χ1v) is 10.0. The van der Waals surface area contributed by atoms with Gasteiger partial charge < -0.3 is 9.16 Å². The van der Waals surface area contributed by atoms with Gasteiger partial charge in [-0.15, -0.1) is 6.58 Å². The van der Waals surface area contributed by atoms with Gasteiger partial charge in [0.2, 0.25) is 0 Å². The Bertz CT molecular complexity index is 459. The smallest absolute Gasteiger partial charge is 0.192 e. The Labute approximate surface area is 124 Å². The molecule has 1 aromatic carbocycles. The predicted octanol–water partition coefficient (Wildman–Crippen LogP) is 4.95. The monoisotopic (exact) mass is 292 g/mol. The molecule has 0 amide bonds. The van der Waals surface area contributed by atoms with Gasteiger partial charge in [-0.05, 0) is 47.8 Å². The molecule has 2 nitrogen and oxygen atoms in total. The number of rotatable bonds is 6. The van der Waals surface area contributed by atoms with Gasteiger partial charge in [0.05, 0.1) is 13.7 Å². The highest BCUT2D eigenvalue weighted by atomic mass is 28.4. The fourth-order valence-corrected chi connectivity index (χ4v) is 2.64. The molecule has 0 aromatic heterocycles. The molecule has 112 valence electrons. The predicted molar refractivity (Wildman–Crippen MR) is 88.9 cm³/mol. The third kappa shape index (κ3) is 4.22. The van der Waals surface area contributed by atoms with Crippen LogP contribution in [0.3, 0.4) is 0 Å². The van der Waals surface area contributed by atoms with Crippen molar-refractivity contribution in [2.75, 3.05) is 7.11 Å². The zero-order valence-corrected chi connectivity index (χ0v) is 14.7. The number of allylic oxidation sites excluding steroid dienone is 1. The Morgan fingerprint density at radius 1 is 1.20 bits per heavy atom. The van der Waals surface area contributed by atoms with Crippen molar-refractivity contribution in [3.8, 4) is 5.75 Å². The Morgan fingerprint density at radius 3 is 2.35 bits per heavy atom. The Balaban J connectivity index is 2.93. The van der Waals surface area contributed by atoms with Gasteiger partial charge in [0, 0.05) is 0 Å². The number of methoxy groups -OCH3 is 1. The van der Waals surface area contributed by atoms with Gasteiger partial charge in [0.15, 0.2) is 8.32 Å². The highest BCUT2D eigenvalue weighted by Gasteiger charge is 2.37. The molecule has 0 aliphatic carbocycles. The lowest BCUT2D eigenvalue weighted by Crippen LogP contribution is -2.40. The van der Waals surface area contributed by atoms with E-state index in [0.717, 1.165) is 12.2 Å². The van der Waals surface area contributed by atoms with Crippen LogP contribution in [0.15, 0.2) is 30.9 Å². The lowest BCUT2D eigenvalue weighted by atomic mass is 10.0. The molecule has 0 radical (unpaired) electrons. The van der Waals surface area contributed by atoms with E-state index in [1.165, 1.54) is 11.1 Å². The molecule has 0 N–H and O–H groups in total. The van der Waals surface area contributed by atoms with E-state index in [0.29, 0.717) is 6.61 Å². The molecular formula is C17H28O2Si. The standard InChI is InChI=1S/C17H28O2Si/c1-8-9-14-10-11-16(18-5)12-15(14)13-19-20(6,7)17(2,3)4/h8,10-12H,1,9,13H2,2-7H3. The number of hydrogen-bond donors (Lipinski definition) is 0. The van der Waals surface area contributed by atoms with Gasteiger partial charge in [-0.3, -0.25) is 0 Å². The van der Waals surface area contributed by atoms with Crippen LogP contribution in [-0.4, -0.2) is 15.4 Å². The molecule has 0 fully saturated rings. The molecule has 20 heavy (non-hydrogen) atoms. The van der Waals surface area contributed by atoms with Gasteiger partial charge in [-0.1, -0.05) is 32.9 Å². The van der Waals surface area contributed by atoms with Gasteiger partial charge in [0.25, 0.3) is 0 Å². The first-order chi connectivity index (χ1) is 9.21. The van der Waals surface area contributed by atoms with Crippen molar-refractivity contribution in [1.29, 1.82) is 0 Å². The van der Waals surface area contributed by atoms with E-state index in [-0.39, 0.29) is 5.04 Å². The quantitative estimate of drug-likeness (QED) is 0.546. The van der Waals surface area contributed by atoms with E-state index in [1.54, 1.807) is 7.11 Å². The lowest BCUT2D eigenvalue weighted by Gasteiger charge is -2.36. The van der Waals surface area contributed by atoms with Crippen molar-refractivity contribution >= 4 is 8.32 Å². The van der Waals surface area contributed by atoms with Crippen LogP contribution in [0, 0.1) is 0 Å². The van der Waals surface area contributed by atoms with E-state index >= 15 is 0 Å². The van der Waals surface area contributed by atoms with Gasteiger partial charge in [0.1, 0.15) is 5.75 Å². The molecule has 0 heterocycles. The molecule has 3 heteroatoms.